The maximum absolute atomic E-state index is 13.8. The van der Waals surface area contributed by atoms with Crippen LogP contribution in [0.3, 0.4) is 0 Å². The van der Waals surface area contributed by atoms with Crippen LogP contribution in [0.1, 0.15) is 46.3 Å². The molecule has 1 fully saturated rings. The largest absolute Gasteiger partial charge is 0.378 e. The summed E-state index contributed by atoms with van der Waals surface area (Å²) in [7, 11) is 0. The lowest BCUT2D eigenvalue weighted by molar-refractivity contribution is 0.0539. The van der Waals surface area contributed by atoms with E-state index in [4.69, 9.17) is 20.9 Å². The van der Waals surface area contributed by atoms with Gasteiger partial charge >= 0.3 is 6.03 Å². The highest BCUT2D eigenvalue weighted by Gasteiger charge is 2.56. The molecule has 0 bridgehead atoms. The number of anilines is 2. The first kappa shape index (κ1) is 22.1. The summed E-state index contributed by atoms with van der Waals surface area (Å²) >= 11 is 6.37. The Morgan fingerprint density at radius 2 is 1.94 bits per heavy atom. The van der Waals surface area contributed by atoms with Crippen molar-refractivity contribution in [2.45, 2.75) is 45.6 Å². The smallest absolute Gasteiger partial charge is 0.325 e. The van der Waals surface area contributed by atoms with E-state index in [0.717, 1.165) is 17.1 Å². The third kappa shape index (κ3) is 3.55. The van der Waals surface area contributed by atoms with Gasteiger partial charge in [0.05, 0.1) is 13.2 Å². The van der Waals surface area contributed by atoms with Crippen molar-refractivity contribution in [3.8, 4) is 0 Å². The summed E-state index contributed by atoms with van der Waals surface area (Å²) in [6, 6.07) is 5.43. The van der Waals surface area contributed by atoms with E-state index in [1.807, 2.05) is 62.6 Å². The number of nitrogens with zero attached hydrogens (tertiary/aromatic N) is 6. The normalized spacial score (nSPS) is 20.3. The molecule has 0 N–H and O–H groups in total. The number of halogens is 1. The van der Waals surface area contributed by atoms with Crippen molar-refractivity contribution in [3.63, 3.8) is 0 Å². The molecule has 10 heteroatoms. The fourth-order valence-corrected chi connectivity index (χ4v) is 4.59. The molecule has 4 heterocycles. The van der Waals surface area contributed by atoms with Crippen molar-refractivity contribution in [1.29, 1.82) is 0 Å². The number of hydrogen-bond acceptors (Lipinski definition) is 7. The Morgan fingerprint density at radius 3 is 2.61 bits per heavy atom. The highest BCUT2D eigenvalue weighted by atomic mass is 35.5. The molecule has 0 saturated carbocycles. The number of benzene rings is 1. The number of aliphatic imine (C=N–C) groups is 1. The van der Waals surface area contributed by atoms with Gasteiger partial charge in [-0.05, 0) is 30.9 Å². The second-order valence-electron chi connectivity index (χ2n) is 9.89. The lowest BCUT2D eigenvalue weighted by atomic mass is 9.90. The summed E-state index contributed by atoms with van der Waals surface area (Å²) < 4.78 is 11.0. The van der Waals surface area contributed by atoms with Crippen molar-refractivity contribution in [2.24, 2.45) is 4.99 Å². The minimum absolute atomic E-state index is 0.103. The maximum Gasteiger partial charge on any atom is 0.325 e. The van der Waals surface area contributed by atoms with Crippen molar-refractivity contribution in [3.05, 3.63) is 40.6 Å². The molecule has 0 aliphatic carbocycles. The number of ether oxygens (including phenoxy) is 1. The first-order valence-corrected chi connectivity index (χ1v) is 11.4. The highest BCUT2D eigenvalue weighted by Crippen LogP contribution is 2.49. The molecule has 9 nitrogen and oxygen atoms in total. The minimum Gasteiger partial charge on any atom is -0.378 e. The van der Waals surface area contributed by atoms with E-state index in [1.165, 1.54) is 0 Å². The second kappa shape index (κ2) is 7.65. The van der Waals surface area contributed by atoms with E-state index < -0.39 is 5.54 Å². The topological polar surface area (TPSA) is 90.0 Å². The maximum atomic E-state index is 13.8. The summed E-state index contributed by atoms with van der Waals surface area (Å²) in [5.41, 5.74) is 1.86. The molecule has 1 aromatic carbocycles. The average molecular weight is 471 g/mol. The molecular weight excluding hydrogens is 444 g/mol. The van der Waals surface area contributed by atoms with Crippen LogP contribution >= 0.6 is 11.6 Å². The van der Waals surface area contributed by atoms with Crippen LogP contribution in [0.15, 0.2) is 33.4 Å². The molecule has 1 saturated heterocycles. The van der Waals surface area contributed by atoms with Crippen molar-refractivity contribution in [1.82, 2.24) is 19.9 Å². The van der Waals surface area contributed by atoms with Gasteiger partial charge < -0.3 is 14.2 Å². The lowest BCUT2D eigenvalue weighted by Crippen LogP contribution is -2.60. The molecule has 1 aromatic heterocycles. The lowest BCUT2D eigenvalue weighted by Gasteiger charge is -2.44. The Bertz CT molecular complexity index is 1170. The van der Waals surface area contributed by atoms with E-state index in [-0.39, 0.29) is 11.4 Å². The van der Waals surface area contributed by atoms with Gasteiger partial charge in [0.1, 0.15) is 11.2 Å². The summed E-state index contributed by atoms with van der Waals surface area (Å²) in [6.07, 6.45) is 1.74. The number of urea groups is 1. The molecule has 3 aliphatic rings. The standard InChI is InChI=1S/C23H27ClN6O3/c1-22(2,3)20-26-19(27-33-20)17-18-23(4,5)30(21(31)28-8-10-32-11-9-28)16-12-14(24)6-7-15(16)29(18)13-25-17/h6-7,12-13H,8-11H2,1-5H3/q+1. The van der Waals surface area contributed by atoms with Gasteiger partial charge in [-0.25, -0.2) is 4.79 Å². The number of hydrogen-bond donors (Lipinski definition) is 0. The molecule has 2 aromatic rings. The van der Waals surface area contributed by atoms with Crippen LogP contribution in [0.2, 0.25) is 5.02 Å². The monoisotopic (exact) mass is 470 g/mol. The van der Waals surface area contributed by atoms with Crippen LogP contribution < -0.4 is 9.80 Å². The van der Waals surface area contributed by atoms with Gasteiger partial charge in [0, 0.05) is 29.6 Å². The molecule has 5 rings (SSSR count). The number of aromatic nitrogens is 2. The summed E-state index contributed by atoms with van der Waals surface area (Å²) in [4.78, 5) is 28.7. The molecule has 173 valence electrons. The summed E-state index contributed by atoms with van der Waals surface area (Å²) in [5, 5.41) is 4.77. The van der Waals surface area contributed by atoms with E-state index in [9.17, 15) is 4.79 Å². The minimum atomic E-state index is -0.776. The number of fused-ring (bicyclic) bond motifs is 3. The van der Waals surface area contributed by atoms with Crippen LogP contribution in [0.25, 0.3) is 5.70 Å². The van der Waals surface area contributed by atoms with Crippen LogP contribution in [0.4, 0.5) is 16.2 Å². The van der Waals surface area contributed by atoms with Gasteiger partial charge in [0.25, 0.3) is 6.34 Å². The fraction of sp³-hybridized carbons (Fsp3) is 0.478. The van der Waals surface area contributed by atoms with Crippen LogP contribution in [0, 0.1) is 0 Å². The number of carbonyl (C=O) groups excluding carboxylic acids is 1. The zero-order valence-electron chi connectivity index (χ0n) is 19.4. The molecule has 0 unspecified atom stereocenters. The Morgan fingerprint density at radius 1 is 1.21 bits per heavy atom. The van der Waals surface area contributed by atoms with E-state index >= 15 is 0 Å². The molecular formula is C23H27ClN6O3+. The Labute approximate surface area is 197 Å². The van der Waals surface area contributed by atoms with E-state index in [1.54, 1.807) is 11.2 Å². The second-order valence-corrected chi connectivity index (χ2v) is 10.3. The van der Waals surface area contributed by atoms with E-state index in [2.05, 4.69) is 15.1 Å². The predicted molar refractivity (Wildman–Crippen MR) is 126 cm³/mol. The third-order valence-corrected chi connectivity index (χ3v) is 6.33. The van der Waals surface area contributed by atoms with Crippen LogP contribution in [-0.4, -0.2) is 59.3 Å². The molecule has 3 aliphatic heterocycles. The first-order chi connectivity index (χ1) is 15.6. The van der Waals surface area contributed by atoms with Crippen molar-refractivity contribution in [2.75, 3.05) is 31.2 Å². The van der Waals surface area contributed by atoms with Crippen molar-refractivity contribution >= 4 is 41.0 Å². The summed E-state index contributed by atoms with van der Waals surface area (Å²) in [6.45, 7) is 12.1. The van der Waals surface area contributed by atoms with Crippen LogP contribution in [-0.2, 0) is 10.2 Å². The predicted octanol–water partition coefficient (Wildman–Crippen LogP) is 4.25. The Hall–Kier alpha value is -2.75. The van der Waals surface area contributed by atoms with Gasteiger partial charge in [-0.1, -0.05) is 37.5 Å². The molecule has 33 heavy (non-hydrogen) atoms. The van der Waals surface area contributed by atoms with Gasteiger partial charge in [0.2, 0.25) is 23.1 Å². The van der Waals surface area contributed by atoms with Gasteiger partial charge in [-0.3, -0.25) is 4.90 Å². The quantitative estimate of drug-likeness (QED) is 0.581. The number of rotatable bonds is 1. The molecule has 1 radical (unpaired) electrons. The van der Waals surface area contributed by atoms with Crippen molar-refractivity contribution < 1.29 is 14.1 Å². The van der Waals surface area contributed by atoms with Crippen LogP contribution in [0.5, 0.6) is 0 Å². The zero-order chi connectivity index (χ0) is 23.5. The average Bonchev–Trinajstić information content (AvgIpc) is 3.42. The van der Waals surface area contributed by atoms with E-state index in [0.29, 0.717) is 48.7 Å². The zero-order valence-corrected chi connectivity index (χ0v) is 20.2. The highest BCUT2D eigenvalue weighted by molar-refractivity contribution is 6.31. The first-order valence-electron chi connectivity index (χ1n) is 11.0. The summed E-state index contributed by atoms with van der Waals surface area (Å²) in [5.74, 6) is 0.930. The number of carbonyl (C=O) groups is 1. The van der Waals surface area contributed by atoms with Gasteiger partial charge in [-0.2, -0.15) is 9.98 Å². The Kier molecular flexibility index (Phi) is 5.11. The molecule has 0 atom stereocenters. The molecule has 2 amide bonds. The number of morpholine rings is 1. The van der Waals surface area contributed by atoms with Gasteiger partial charge in [-0.15, -0.1) is 0 Å². The molecule has 0 spiro atoms. The number of amides is 2. The van der Waals surface area contributed by atoms with Gasteiger partial charge in [0.15, 0.2) is 5.70 Å². The Balaban J connectivity index is 1.67. The fourth-order valence-electron chi connectivity index (χ4n) is 4.43. The SMILES string of the molecule is CC(C)(C)c1nc(C2=C3[N+](C=N2)c2ccc(Cl)cc2N(C(=O)N2CCOCC2)C3(C)C)no1. The third-order valence-electron chi connectivity index (χ3n) is 6.10.